The molecule has 6 heteroatoms. The van der Waals surface area contributed by atoms with Gasteiger partial charge in [-0.2, -0.15) is 0 Å². The van der Waals surface area contributed by atoms with Crippen LogP contribution in [0.2, 0.25) is 0 Å². The molecule has 1 fully saturated rings. The van der Waals surface area contributed by atoms with Gasteiger partial charge in [-0.15, -0.1) is 0 Å². The van der Waals surface area contributed by atoms with Crippen molar-refractivity contribution < 1.29 is 14.4 Å². The van der Waals surface area contributed by atoms with E-state index < -0.39 is 0 Å². The number of amides is 3. The molecule has 1 saturated carbocycles. The summed E-state index contributed by atoms with van der Waals surface area (Å²) in [5.74, 6) is 1.67. The van der Waals surface area contributed by atoms with Crippen molar-refractivity contribution in [3.05, 3.63) is 18.2 Å². The molecule has 0 heterocycles. The van der Waals surface area contributed by atoms with Crippen LogP contribution in [0.3, 0.4) is 0 Å². The number of nitrogens with one attached hydrogen (secondary N) is 3. The fraction of sp³-hybridized carbons (Fsp3) is 0.654. The number of rotatable bonds is 9. The van der Waals surface area contributed by atoms with E-state index in [1.807, 2.05) is 27.7 Å². The molecule has 0 radical (unpaired) electrons. The molecule has 0 aliphatic heterocycles. The van der Waals surface area contributed by atoms with Crippen LogP contribution in [-0.2, 0) is 14.4 Å². The molecule has 0 atom stereocenters. The van der Waals surface area contributed by atoms with Crippen molar-refractivity contribution in [3.8, 4) is 0 Å². The number of anilines is 3. The molecule has 0 spiro atoms. The first-order chi connectivity index (χ1) is 15.0. The highest BCUT2D eigenvalue weighted by Gasteiger charge is 2.27. The molecule has 0 bridgehead atoms. The van der Waals surface area contributed by atoms with Crippen molar-refractivity contribution in [2.75, 3.05) is 16.0 Å². The lowest BCUT2D eigenvalue weighted by Crippen LogP contribution is -2.28. The summed E-state index contributed by atoms with van der Waals surface area (Å²) in [6.07, 6.45) is 4.78. The predicted octanol–water partition coefficient (Wildman–Crippen LogP) is 6.06. The molecule has 6 nitrogen and oxygen atoms in total. The standard InChI is InChI=1S/C26H41N3O3/c1-16(2)11-24(30)27-21-13-22(28-25(31)12-17(3)4)15-23(14-21)29-26(32)20-9-7-19(8-10-20)18(5)6/h13-20H,7-12H2,1-6H3,(H,27,30)(H,28,31)(H,29,32). The molecule has 3 amide bonds. The van der Waals surface area contributed by atoms with Gasteiger partial charge in [-0.05, 0) is 67.6 Å². The van der Waals surface area contributed by atoms with E-state index in [4.69, 9.17) is 0 Å². The minimum absolute atomic E-state index is 0.00294. The van der Waals surface area contributed by atoms with E-state index in [1.54, 1.807) is 18.2 Å². The summed E-state index contributed by atoms with van der Waals surface area (Å²) in [6, 6.07) is 5.25. The Balaban J connectivity index is 2.13. The van der Waals surface area contributed by atoms with Crippen LogP contribution in [0, 0.1) is 29.6 Å². The van der Waals surface area contributed by atoms with Crippen molar-refractivity contribution in [1.82, 2.24) is 0 Å². The van der Waals surface area contributed by atoms with Gasteiger partial charge in [-0.1, -0.05) is 41.5 Å². The Hall–Kier alpha value is -2.37. The summed E-state index contributed by atoms with van der Waals surface area (Å²) in [7, 11) is 0. The minimum Gasteiger partial charge on any atom is -0.326 e. The van der Waals surface area contributed by atoms with E-state index >= 15 is 0 Å². The maximum atomic E-state index is 12.9. The molecule has 3 N–H and O–H groups in total. The summed E-state index contributed by atoms with van der Waals surface area (Å²) >= 11 is 0. The Labute approximate surface area is 193 Å². The van der Waals surface area contributed by atoms with Gasteiger partial charge in [0, 0.05) is 35.8 Å². The molecule has 1 aliphatic rings. The van der Waals surface area contributed by atoms with Crippen LogP contribution in [0.5, 0.6) is 0 Å². The van der Waals surface area contributed by atoms with Crippen molar-refractivity contribution in [2.24, 2.45) is 29.6 Å². The van der Waals surface area contributed by atoms with Crippen LogP contribution < -0.4 is 16.0 Å². The Morgan fingerprint density at radius 2 is 1.12 bits per heavy atom. The van der Waals surface area contributed by atoms with E-state index in [0.29, 0.717) is 41.7 Å². The second kappa shape index (κ2) is 12.0. The summed E-state index contributed by atoms with van der Waals surface area (Å²) in [4.78, 5) is 37.5. The fourth-order valence-electron chi connectivity index (χ4n) is 4.30. The molecule has 1 aliphatic carbocycles. The first-order valence-corrected chi connectivity index (χ1v) is 12.1. The Bertz CT molecular complexity index is 751. The van der Waals surface area contributed by atoms with Crippen LogP contribution in [0.15, 0.2) is 18.2 Å². The molecule has 1 aromatic carbocycles. The van der Waals surface area contributed by atoms with Gasteiger partial charge in [-0.25, -0.2) is 0 Å². The van der Waals surface area contributed by atoms with E-state index in [0.717, 1.165) is 25.7 Å². The van der Waals surface area contributed by atoms with Crippen molar-refractivity contribution >= 4 is 34.8 Å². The fourth-order valence-corrected chi connectivity index (χ4v) is 4.30. The molecular weight excluding hydrogens is 402 g/mol. The van der Waals surface area contributed by atoms with E-state index in [1.165, 1.54) is 0 Å². The van der Waals surface area contributed by atoms with Crippen LogP contribution in [-0.4, -0.2) is 17.7 Å². The zero-order valence-corrected chi connectivity index (χ0v) is 20.6. The average Bonchev–Trinajstić information content (AvgIpc) is 2.66. The number of hydrogen-bond acceptors (Lipinski definition) is 3. The summed E-state index contributed by atoms with van der Waals surface area (Å²) in [5, 5.41) is 8.82. The second-order valence-corrected chi connectivity index (χ2v) is 10.4. The van der Waals surface area contributed by atoms with Gasteiger partial charge in [0.05, 0.1) is 0 Å². The first kappa shape index (κ1) is 25.9. The van der Waals surface area contributed by atoms with Gasteiger partial charge in [-0.3, -0.25) is 14.4 Å². The van der Waals surface area contributed by atoms with Crippen molar-refractivity contribution in [1.29, 1.82) is 0 Å². The highest BCUT2D eigenvalue weighted by Crippen LogP contribution is 2.34. The molecule has 0 saturated heterocycles. The van der Waals surface area contributed by atoms with E-state index in [-0.39, 0.29) is 35.5 Å². The van der Waals surface area contributed by atoms with Gasteiger partial charge < -0.3 is 16.0 Å². The lowest BCUT2D eigenvalue weighted by molar-refractivity contribution is -0.121. The van der Waals surface area contributed by atoms with Crippen molar-refractivity contribution in [3.63, 3.8) is 0 Å². The largest absolute Gasteiger partial charge is 0.326 e. The molecule has 178 valence electrons. The number of benzene rings is 1. The highest BCUT2D eigenvalue weighted by atomic mass is 16.2. The van der Waals surface area contributed by atoms with Crippen LogP contribution in [0.4, 0.5) is 17.1 Å². The molecule has 0 unspecified atom stereocenters. The molecule has 1 aromatic rings. The van der Waals surface area contributed by atoms with Gasteiger partial charge in [0.15, 0.2) is 0 Å². The summed E-state index contributed by atoms with van der Waals surface area (Å²) < 4.78 is 0. The van der Waals surface area contributed by atoms with Gasteiger partial charge in [0.1, 0.15) is 0 Å². The summed E-state index contributed by atoms with van der Waals surface area (Å²) in [5.41, 5.74) is 1.72. The molecule has 2 rings (SSSR count). The van der Waals surface area contributed by atoms with Crippen LogP contribution >= 0.6 is 0 Å². The van der Waals surface area contributed by atoms with E-state index in [2.05, 4.69) is 29.8 Å². The summed E-state index contributed by atoms with van der Waals surface area (Å²) in [6.45, 7) is 12.5. The van der Waals surface area contributed by atoms with E-state index in [9.17, 15) is 14.4 Å². The van der Waals surface area contributed by atoms with Gasteiger partial charge in [0.2, 0.25) is 17.7 Å². The highest BCUT2D eigenvalue weighted by molar-refractivity contribution is 5.98. The SMILES string of the molecule is CC(C)CC(=O)Nc1cc(NC(=O)CC(C)C)cc(NC(=O)C2CCC(C(C)C)CC2)c1. The third kappa shape index (κ3) is 8.64. The zero-order valence-electron chi connectivity index (χ0n) is 20.6. The second-order valence-electron chi connectivity index (χ2n) is 10.4. The topological polar surface area (TPSA) is 87.3 Å². The smallest absolute Gasteiger partial charge is 0.227 e. The Morgan fingerprint density at radius 1 is 0.719 bits per heavy atom. The number of carbonyl (C=O) groups excluding carboxylic acids is 3. The number of hydrogen-bond donors (Lipinski definition) is 3. The predicted molar refractivity (Wildman–Crippen MR) is 132 cm³/mol. The van der Waals surface area contributed by atoms with Gasteiger partial charge in [0.25, 0.3) is 0 Å². The Kier molecular flexibility index (Phi) is 9.73. The van der Waals surface area contributed by atoms with Gasteiger partial charge >= 0.3 is 0 Å². The minimum atomic E-state index is -0.0880. The normalized spacial score (nSPS) is 18.7. The maximum Gasteiger partial charge on any atom is 0.227 e. The molecule has 32 heavy (non-hydrogen) atoms. The maximum absolute atomic E-state index is 12.9. The number of carbonyl (C=O) groups is 3. The molecular formula is C26H41N3O3. The third-order valence-corrected chi connectivity index (χ3v) is 6.04. The zero-order chi connectivity index (χ0) is 23.8. The Morgan fingerprint density at radius 3 is 1.50 bits per heavy atom. The average molecular weight is 444 g/mol. The third-order valence-electron chi connectivity index (χ3n) is 6.04. The van der Waals surface area contributed by atoms with Crippen molar-refractivity contribution in [2.45, 2.75) is 80.1 Å². The van der Waals surface area contributed by atoms with Crippen LogP contribution in [0.1, 0.15) is 80.1 Å². The monoisotopic (exact) mass is 443 g/mol. The van der Waals surface area contributed by atoms with Crippen LogP contribution in [0.25, 0.3) is 0 Å². The lowest BCUT2D eigenvalue weighted by Gasteiger charge is -2.30. The quantitative estimate of drug-likeness (QED) is 0.434. The lowest BCUT2D eigenvalue weighted by atomic mass is 9.76. The first-order valence-electron chi connectivity index (χ1n) is 12.1. The molecule has 0 aromatic heterocycles.